The second-order valence-corrected chi connectivity index (χ2v) is 6.39. The normalized spacial score (nSPS) is 10.7. The van der Waals surface area contributed by atoms with Gasteiger partial charge in [0.25, 0.3) is 0 Å². The minimum Gasteiger partial charge on any atom is -0.368 e. The van der Waals surface area contributed by atoms with Crippen LogP contribution in [0, 0.1) is 0 Å². The van der Waals surface area contributed by atoms with Crippen molar-refractivity contribution in [1.29, 1.82) is 0 Å². The summed E-state index contributed by atoms with van der Waals surface area (Å²) in [7, 11) is 0. The first-order valence-electron chi connectivity index (χ1n) is 5.69. The Balaban J connectivity index is 1.79. The highest BCUT2D eigenvalue weighted by Gasteiger charge is 2.06. The molecule has 0 fully saturated rings. The van der Waals surface area contributed by atoms with Crippen molar-refractivity contribution in [1.82, 2.24) is 24.5 Å². The zero-order valence-corrected chi connectivity index (χ0v) is 12.6. The number of nitrogens with one attached hydrogen (secondary N) is 1. The van der Waals surface area contributed by atoms with E-state index in [1.165, 1.54) is 4.88 Å². The maximum Gasteiger partial charge on any atom is 0.241 e. The number of thiophene rings is 1. The van der Waals surface area contributed by atoms with E-state index in [0.29, 0.717) is 18.4 Å². The number of imidazole rings is 1. The Labute approximate surface area is 127 Å². The summed E-state index contributed by atoms with van der Waals surface area (Å²) in [5, 5.41) is 3.13. The molecule has 3 N–H and O–H groups in total. The molecule has 20 heavy (non-hydrogen) atoms. The van der Waals surface area contributed by atoms with E-state index >= 15 is 0 Å². The first-order chi connectivity index (χ1) is 9.70. The molecule has 102 valence electrons. The smallest absolute Gasteiger partial charge is 0.241 e. The van der Waals surface area contributed by atoms with Gasteiger partial charge in [-0.3, -0.25) is 4.57 Å². The Morgan fingerprint density at radius 3 is 2.90 bits per heavy atom. The van der Waals surface area contributed by atoms with Crippen molar-refractivity contribution < 1.29 is 0 Å². The highest BCUT2D eigenvalue weighted by atomic mass is 79.9. The fraction of sp³-hybridized carbons (Fsp3) is 0.0909. The second kappa shape index (κ2) is 5.55. The van der Waals surface area contributed by atoms with E-state index in [9.17, 15) is 0 Å². The van der Waals surface area contributed by atoms with Gasteiger partial charge in [0, 0.05) is 17.3 Å². The average molecular weight is 352 g/mol. The summed E-state index contributed by atoms with van der Waals surface area (Å²) in [6.45, 7) is 0.628. The molecule has 0 aliphatic carbocycles. The van der Waals surface area contributed by atoms with Gasteiger partial charge in [-0.25, -0.2) is 4.98 Å². The monoisotopic (exact) mass is 351 g/mol. The largest absolute Gasteiger partial charge is 0.368 e. The number of halogens is 1. The third-order valence-electron chi connectivity index (χ3n) is 2.43. The number of anilines is 2. The van der Waals surface area contributed by atoms with Crippen LogP contribution in [-0.4, -0.2) is 24.5 Å². The highest BCUT2D eigenvalue weighted by molar-refractivity contribution is 9.11. The standard InChI is InChI=1S/C11H10BrN7S/c12-8-2-1-7(20-8)5-15-10-16-9(13)17-11(18-10)19-4-3-14-6-19/h1-4,6H,5H2,(H3,13,15,16,17,18). The van der Waals surface area contributed by atoms with Crippen molar-refractivity contribution in [3.63, 3.8) is 0 Å². The Bertz CT molecular complexity index is 709. The minimum atomic E-state index is 0.165. The number of rotatable bonds is 4. The van der Waals surface area contributed by atoms with E-state index in [4.69, 9.17) is 5.73 Å². The number of aromatic nitrogens is 5. The summed E-state index contributed by atoms with van der Waals surface area (Å²) in [4.78, 5) is 17.6. The lowest BCUT2D eigenvalue weighted by molar-refractivity contribution is 0.897. The van der Waals surface area contributed by atoms with Crippen LogP contribution in [0.2, 0.25) is 0 Å². The Morgan fingerprint density at radius 1 is 1.30 bits per heavy atom. The quantitative estimate of drug-likeness (QED) is 0.747. The van der Waals surface area contributed by atoms with Gasteiger partial charge in [-0.2, -0.15) is 15.0 Å². The molecule has 0 amide bonds. The van der Waals surface area contributed by atoms with Gasteiger partial charge in [-0.15, -0.1) is 11.3 Å². The second-order valence-electron chi connectivity index (χ2n) is 3.85. The predicted molar refractivity (Wildman–Crippen MR) is 80.7 cm³/mol. The average Bonchev–Trinajstić information content (AvgIpc) is 3.07. The summed E-state index contributed by atoms with van der Waals surface area (Å²) in [6, 6.07) is 4.03. The first-order valence-corrected chi connectivity index (χ1v) is 7.29. The number of hydrogen-bond acceptors (Lipinski definition) is 7. The molecule has 3 aromatic rings. The van der Waals surface area contributed by atoms with Crippen LogP contribution in [0.3, 0.4) is 0 Å². The fourth-order valence-corrected chi connectivity index (χ4v) is 2.99. The maximum absolute atomic E-state index is 5.70. The Hall–Kier alpha value is -2.00. The summed E-state index contributed by atoms with van der Waals surface area (Å²) < 4.78 is 2.76. The van der Waals surface area contributed by atoms with Crippen LogP contribution < -0.4 is 11.1 Å². The molecule has 3 heterocycles. The summed E-state index contributed by atoms with van der Waals surface area (Å²) in [5.74, 6) is 1.04. The molecule has 0 unspecified atom stereocenters. The van der Waals surface area contributed by atoms with Crippen molar-refractivity contribution in [2.24, 2.45) is 0 Å². The Morgan fingerprint density at radius 2 is 2.20 bits per heavy atom. The number of nitrogens with zero attached hydrogens (tertiary/aromatic N) is 5. The number of nitrogen functional groups attached to an aromatic ring is 1. The Kier molecular flexibility index (Phi) is 3.61. The fourth-order valence-electron chi connectivity index (χ4n) is 1.57. The summed E-state index contributed by atoms with van der Waals surface area (Å²) >= 11 is 5.08. The van der Waals surface area contributed by atoms with Gasteiger partial charge in [-0.1, -0.05) is 0 Å². The third-order valence-corrected chi connectivity index (χ3v) is 4.05. The molecule has 0 saturated carbocycles. The SMILES string of the molecule is Nc1nc(NCc2ccc(Br)s2)nc(-n2ccnc2)n1. The summed E-state index contributed by atoms with van der Waals surface area (Å²) in [6.07, 6.45) is 5.00. The molecular formula is C11H10BrN7S. The third kappa shape index (κ3) is 2.94. The first kappa shape index (κ1) is 13.0. The lowest BCUT2D eigenvalue weighted by atomic mass is 10.5. The van der Waals surface area contributed by atoms with E-state index in [0.717, 1.165) is 3.79 Å². The molecule has 0 aliphatic heterocycles. The van der Waals surface area contributed by atoms with Gasteiger partial charge in [0.15, 0.2) is 0 Å². The van der Waals surface area contributed by atoms with Crippen molar-refractivity contribution >= 4 is 39.2 Å². The van der Waals surface area contributed by atoms with Crippen LogP contribution in [0.5, 0.6) is 0 Å². The maximum atomic E-state index is 5.70. The van der Waals surface area contributed by atoms with Gasteiger partial charge in [0.05, 0.1) is 10.3 Å². The molecule has 0 saturated heterocycles. The molecule has 0 atom stereocenters. The van der Waals surface area contributed by atoms with E-state index in [2.05, 4.69) is 41.2 Å². The zero-order chi connectivity index (χ0) is 13.9. The number of nitrogens with two attached hydrogens (primary N) is 1. The van der Waals surface area contributed by atoms with Crippen LogP contribution in [0.1, 0.15) is 4.88 Å². The van der Waals surface area contributed by atoms with E-state index in [-0.39, 0.29) is 5.95 Å². The lowest BCUT2D eigenvalue weighted by Gasteiger charge is -2.06. The molecule has 3 aromatic heterocycles. The molecule has 3 rings (SSSR count). The van der Waals surface area contributed by atoms with Crippen LogP contribution in [0.15, 0.2) is 34.6 Å². The van der Waals surface area contributed by atoms with Gasteiger partial charge in [-0.05, 0) is 28.1 Å². The highest BCUT2D eigenvalue weighted by Crippen LogP contribution is 2.22. The molecule has 0 bridgehead atoms. The molecular weight excluding hydrogens is 342 g/mol. The van der Waals surface area contributed by atoms with Crippen LogP contribution in [0.25, 0.3) is 5.95 Å². The van der Waals surface area contributed by atoms with Gasteiger partial charge < -0.3 is 11.1 Å². The van der Waals surface area contributed by atoms with E-state index in [1.54, 1.807) is 34.6 Å². The molecule has 0 spiro atoms. The summed E-state index contributed by atoms with van der Waals surface area (Å²) in [5.41, 5.74) is 5.70. The predicted octanol–water partition coefficient (Wildman–Crippen LogP) is 2.08. The molecule has 0 radical (unpaired) electrons. The van der Waals surface area contributed by atoms with Crippen molar-refractivity contribution in [3.8, 4) is 5.95 Å². The van der Waals surface area contributed by atoms with Crippen molar-refractivity contribution in [2.45, 2.75) is 6.54 Å². The van der Waals surface area contributed by atoms with E-state index < -0.39 is 0 Å². The molecule has 0 aromatic carbocycles. The topological polar surface area (TPSA) is 94.5 Å². The molecule has 7 nitrogen and oxygen atoms in total. The van der Waals surface area contributed by atoms with Crippen LogP contribution in [-0.2, 0) is 6.54 Å². The van der Waals surface area contributed by atoms with Gasteiger partial charge in [0.1, 0.15) is 6.33 Å². The minimum absolute atomic E-state index is 0.165. The van der Waals surface area contributed by atoms with Crippen molar-refractivity contribution in [2.75, 3.05) is 11.1 Å². The van der Waals surface area contributed by atoms with Gasteiger partial charge >= 0.3 is 0 Å². The molecule has 0 aliphatic rings. The number of hydrogen-bond donors (Lipinski definition) is 2. The lowest BCUT2D eigenvalue weighted by Crippen LogP contribution is -2.10. The van der Waals surface area contributed by atoms with Gasteiger partial charge in [0.2, 0.25) is 17.8 Å². The zero-order valence-electron chi connectivity index (χ0n) is 10.2. The van der Waals surface area contributed by atoms with Crippen molar-refractivity contribution in [3.05, 3.63) is 39.5 Å². The van der Waals surface area contributed by atoms with Crippen LogP contribution in [0.4, 0.5) is 11.9 Å². The molecule has 9 heteroatoms. The van der Waals surface area contributed by atoms with E-state index in [1.807, 2.05) is 12.1 Å². The van der Waals surface area contributed by atoms with Crippen LogP contribution >= 0.6 is 27.3 Å².